The topological polar surface area (TPSA) is 58.6 Å². The van der Waals surface area contributed by atoms with Crippen LogP contribution in [0.2, 0.25) is 0 Å². The molecular weight excluding hydrogens is 316 g/mol. The fourth-order valence-electron chi connectivity index (χ4n) is 3.69. The lowest BCUT2D eigenvalue weighted by atomic mass is 10.0. The summed E-state index contributed by atoms with van der Waals surface area (Å²) in [5.41, 5.74) is 0.572. The third kappa shape index (κ3) is 3.97. The van der Waals surface area contributed by atoms with E-state index in [1.165, 1.54) is 0 Å². The van der Waals surface area contributed by atoms with Crippen LogP contribution in [-0.2, 0) is 9.53 Å². The number of amides is 2. The van der Waals surface area contributed by atoms with Crippen molar-refractivity contribution in [2.45, 2.75) is 52.2 Å². The summed E-state index contributed by atoms with van der Waals surface area (Å²) in [7, 11) is 0. The van der Waals surface area contributed by atoms with E-state index in [0.29, 0.717) is 13.1 Å². The summed E-state index contributed by atoms with van der Waals surface area (Å²) in [6, 6.07) is 9.96. The second kappa shape index (κ2) is 6.36. The van der Waals surface area contributed by atoms with Crippen molar-refractivity contribution >= 4 is 12.0 Å². The quantitative estimate of drug-likeness (QED) is 0.913. The maximum Gasteiger partial charge on any atom is 0.410 e. The van der Waals surface area contributed by atoms with E-state index in [0.717, 1.165) is 18.4 Å². The highest BCUT2D eigenvalue weighted by atomic mass is 16.6. The van der Waals surface area contributed by atoms with E-state index >= 15 is 0 Å². The molecule has 1 aromatic carbocycles. The molecule has 5 nitrogen and oxygen atoms in total. The molecule has 136 valence electrons. The van der Waals surface area contributed by atoms with Crippen molar-refractivity contribution in [2.24, 2.45) is 11.3 Å². The summed E-state index contributed by atoms with van der Waals surface area (Å²) in [4.78, 5) is 26.6. The Labute approximate surface area is 149 Å². The number of hydrogen-bond acceptors (Lipinski definition) is 3. The highest BCUT2D eigenvalue weighted by molar-refractivity contribution is 5.83. The van der Waals surface area contributed by atoms with E-state index in [1.54, 1.807) is 4.90 Å². The molecule has 0 aromatic heterocycles. The van der Waals surface area contributed by atoms with Gasteiger partial charge in [-0.05, 0) is 46.1 Å². The predicted molar refractivity (Wildman–Crippen MR) is 96.0 cm³/mol. The van der Waals surface area contributed by atoms with Crippen molar-refractivity contribution in [1.82, 2.24) is 10.2 Å². The molecule has 1 heterocycles. The standard InChI is InChI=1S/C20H28N2O3/c1-14(15-8-6-5-7-9-15)21-17(23)16-12-20(16)10-11-22(13-20)18(24)25-19(2,3)4/h5-9,14,16H,10-13H2,1-4H3,(H,21,23)/t14-,16+,20+/m1/s1. The van der Waals surface area contributed by atoms with Gasteiger partial charge in [-0.3, -0.25) is 4.79 Å². The van der Waals surface area contributed by atoms with Crippen LogP contribution in [0.25, 0.3) is 0 Å². The van der Waals surface area contributed by atoms with Gasteiger partial charge in [0.25, 0.3) is 0 Å². The van der Waals surface area contributed by atoms with Gasteiger partial charge < -0.3 is 15.0 Å². The lowest BCUT2D eigenvalue weighted by molar-refractivity contribution is -0.123. The Morgan fingerprint density at radius 1 is 1.28 bits per heavy atom. The van der Waals surface area contributed by atoms with Crippen molar-refractivity contribution in [3.05, 3.63) is 35.9 Å². The third-order valence-corrected chi connectivity index (χ3v) is 5.20. The van der Waals surface area contributed by atoms with E-state index in [2.05, 4.69) is 5.32 Å². The lowest BCUT2D eigenvalue weighted by Crippen LogP contribution is -2.36. The van der Waals surface area contributed by atoms with Gasteiger partial charge >= 0.3 is 6.09 Å². The Hall–Kier alpha value is -2.04. The van der Waals surface area contributed by atoms with Gasteiger partial charge in [-0.1, -0.05) is 30.3 Å². The molecule has 0 bridgehead atoms. The highest BCUT2D eigenvalue weighted by Gasteiger charge is 2.61. The van der Waals surface area contributed by atoms with Crippen molar-refractivity contribution in [2.75, 3.05) is 13.1 Å². The van der Waals surface area contributed by atoms with Gasteiger partial charge in [0.15, 0.2) is 0 Å². The molecule has 0 unspecified atom stereocenters. The molecule has 2 aliphatic rings. The summed E-state index contributed by atoms with van der Waals surface area (Å²) in [6.45, 7) is 8.91. The minimum atomic E-state index is -0.488. The first kappa shape index (κ1) is 17.8. The molecule has 1 saturated carbocycles. The fraction of sp³-hybridized carbons (Fsp3) is 0.600. The van der Waals surface area contributed by atoms with Crippen LogP contribution in [0.4, 0.5) is 4.79 Å². The van der Waals surface area contributed by atoms with Crippen LogP contribution in [0.3, 0.4) is 0 Å². The molecule has 1 saturated heterocycles. The number of hydrogen-bond donors (Lipinski definition) is 1. The van der Waals surface area contributed by atoms with Crippen LogP contribution in [-0.4, -0.2) is 35.6 Å². The van der Waals surface area contributed by atoms with Crippen LogP contribution < -0.4 is 5.32 Å². The zero-order valence-corrected chi connectivity index (χ0v) is 15.5. The number of nitrogens with one attached hydrogen (secondary N) is 1. The molecular formula is C20H28N2O3. The molecule has 2 fully saturated rings. The maximum atomic E-state index is 12.6. The minimum absolute atomic E-state index is 0.00490. The van der Waals surface area contributed by atoms with Gasteiger partial charge in [-0.15, -0.1) is 0 Å². The Morgan fingerprint density at radius 2 is 1.96 bits per heavy atom. The van der Waals surface area contributed by atoms with E-state index in [4.69, 9.17) is 4.74 Å². The molecule has 5 heteroatoms. The van der Waals surface area contributed by atoms with Crippen LogP contribution in [0.1, 0.15) is 52.1 Å². The number of benzene rings is 1. The lowest BCUT2D eigenvalue weighted by Gasteiger charge is -2.24. The second-order valence-electron chi connectivity index (χ2n) is 8.41. The van der Waals surface area contributed by atoms with Crippen molar-refractivity contribution in [1.29, 1.82) is 0 Å². The molecule has 3 rings (SSSR count). The van der Waals surface area contributed by atoms with Crippen LogP contribution in [0.5, 0.6) is 0 Å². The smallest absolute Gasteiger partial charge is 0.410 e. The van der Waals surface area contributed by atoms with Crippen LogP contribution in [0.15, 0.2) is 30.3 Å². The van der Waals surface area contributed by atoms with Gasteiger partial charge in [0, 0.05) is 24.4 Å². The fourth-order valence-corrected chi connectivity index (χ4v) is 3.69. The first-order valence-electron chi connectivity index (χ1n) is 9.03. The second-order valence-corrected chi connectivity index (χ2v) is 8.41. The van der Waals surface area contributed by atoms with Crippen molar-refractivity contribution in [3.63, 3.8) is 0 Å². The highest BCUT2D eigenvalue weighted by Crippen LogP contribution is 2.58. The molecule has 1 aliphatic heterocycles. The summed E-state index contributed by atoms with van der Waals surface area (Å²) < 4.78 is 5.45. The third-order valence-electron chi connectivity index (χ3n) is 5.20. The Morgan fingerprint density at radius 3 is 2.60 bits per heavy atom. The van der Waals surface area contributed by atoms with Crippen molar-refractivity contribution in [3.8, 4) is 0 Å². The number of ether oxygens (including phenoxy) is 1. The summed E-state index contributed by atoms with van der Waals surface area (Å²) >= 11 is 0. The molecule has 1 spiro atoms. The first-order valence-corrected chi connectivity index (χ1v) is 9.03. The number of rotatable bonds is 3. The Balaban J connectivity index is 1.54. The van der Waals surface area contributed by atoms with Gasteiger partial charge in [-0.2, -0.15) is 0 Å². The Kier molecular flexibility index (Phi) is 4.52. The summed E-state index contributed by atoms with van der Waals surface area (Å²) in [6.07, 6.45) is 1.47. The Bertz CT molecular complexity index is 653. The average molecular weight is 344 g/mol. The summed E-state index contributed by atoms with van der Waals surface area (Å²) in [5.74, 6) is 0.105. The van der Waals surface area contributed by atoms with E-state index in [1.807, 2.05) is 58.0 Å². The van der Waals surface area contributed by atoms with Crippen LogP contribution in [0, 0.1) is 11.3 Å². The molecule has 25 heavy (non-hydrogen) atoms. The monoisotopic (exact) mass is 344 g/mol. The molecule has 1 aromatic rings. The average Bonchev–Trinajstić information content (AvgIpc) is 3.06. The zero-order valence-electron chi connectivity index (χ0n) is 15.5. The molecule has 3 atom stereocenters. The number of carbonyl (C=O) groups is 2. The number of carbonyl (C=O) groups excluding carboxylic acids is 2. The van der Waals surface area contributed by atoms with Gasteiger partial charge in [0.2, 0.25) is 5.91 Å². The van der Waals surface area contributed by atoms with E-state index in [-0.39, 0.29) is 29.4 Å². The number of nitrogens with zero attached hydrogens (tertiary/aromatic N) is 1. The van der Waals surface area contributed by atoms with Crippen molar-refractivity contribution < 1.29 is 14.3 Å². The van der Waals surface area contributed by atoms with E-state index in [9.17, 15) is 9.59 Å². The SMILES string of the molecule is C[C@@H](NC(=O)[C@@H]1C[C@]12CCN(C(=O)OC(C)(C)C)C2)c1ccccc1. The first-order chi connectivity index (χ1) is 11.7. The molecule has 1 aliphatic carbocycles. The van der Waals surface area contributed by atoms with Crippen LogP contribution >= 0.6 is 0 Å². The largest absolute Gasteiger partial charge is 0.444 e. The van der Waals surface area contributed by atoms with E-state index < -0.39 is 5.60 Å². The predicted octanol–water partition coefficient (Wildman–Crippen LogP) is 3.51. The molecule has 1 N–H and O–H groups in total. The maximum absolute atomic E-state index is 12.6. The minimum Gasteiger partial charge on any atom is -0.444 e. The van der Waals surface area contributed by atoms with Gasteiger partial charge in [-0.25, -0.2) is 4.79 Å². The van der Waals surface area contributed by atoms with Gasteiger partial charge in [0.1, 0.15) is 5.60 Å². The zero-order chi connectivity index (χ0) is 18.2. The number of likely N-dealkylation sites (tertiary alicyclic amines) is 1. The summed E-state index contributed by atoms with van der Waals surface area (Å²) in [5, 5.41) is 3.12. The normalized spacial score (nSPS) is 26.4. The van der Waals surface area contributed by atoms with Gasteiger partial charge in [0.05, 0.1) is 6.04 Å². The molecule has 0 radical (unpaired) electrons. The molecule has 2 amide bonds.